The second-order valence-corrected chi connectivity index (χ2v) is 5.59. The highest BCUT2D eigenvalue weighted by molar-refractivity contribution is 5.43. The summed E-state index contributed by atoms with van der Waals surface area (Å²) in [6.07, 6.45) is 5.03. The molecule has 1 aliphatic rings. The molecule has 1 aromatic rings. The van der Waals surface area contributed by atoms with Crippen LogP contribution in [0.5, 0.6) is 0 Å². The van der Waals surface area contributed by atoms with Crippen molar-refractivity contribution < 1.29 is 9.50 Å². The summed E-state index contributed by atoms with van der Waals surface area (Å²) in [5.74, 6) is -0.0968. The summed E-state index contributed by atoms with van der Waals surface area (Å²) in [5.41, 5.74) is 0.419. The van der Waals surface area contributed by atoms with Crippen LogP contribution in [-0.2, 0) is 6.61 Å². The zero-order chi connectivity index (χ0) is 14.0. The van der Waals surface area contributed by atoms with Crippen LogP contribution in [0.25, 0.3) is 0 Å². The number of hydrogen-bond donors (Lipinski definition) is 1. The van der Waals surface area contributed by atoms with Gasteiger partial charge < -0.3 is 14.9 Å². The predicted octanol–water partition coefficient (Wildman–Crippen LogP) is 1.63. The van der Waals surface area contributed by atoms with Gasteiger partial charge in [0.05, 0.1) is 6.61 Å². The van der Waals surface area contributed by atoms with Gasteiger partial charge in [0.15, 0.2) is 11.6 Å². The van der Waals surface area contributed by atoms with Crippen molar-refractivity contribution in [1.82, 2.24) is 9.88 Å². The SMILES string of the molecule is CN(CC1(N(C)C)CCC1)c1nccc(CO)c1F. The molecule has 0 saturated heterocycles. The Morgan fingerprint density at radius 2 is 2.05 bits per heavy atom. The van der Waals surface area contributed by atoms with E-state index in [2.05, 4.69) is 24.0 Å². The topological polar surface area (TPSA) is 39.6 Å². The van der Waals surface area contributed by atoms with Crippen LogP contribution < -0.4 is 4.90 Å². The fourth-order valence-electron chi connectivity index (χ4n) is 2.71. The minimum atomic E-state index is -0.416. The third-order valence-corrected chi connectivity index (χ3v) is 4.25. The smallest absolute Gasteiger partial charge is 0.171 e. The number of aromatic nitrogens is 1. The molecule has 4 nitrogen and oxygen atoms in total. The van der Waals surface area contributed by atoms with E-state index in [0.717, 1.165) is 19.4 Å². The number of halogens is 1. The van der Waals surface area contributed by atoms with E-state index in [1.54, 1.807) is 6.20 Å². The first-order valence-corrected chi connectivity index (χ1v) is 6.63. The van der Waals surface area contributed by atoms with Crippen LogP contribution in [0.2, 0.25) is 0 Å². The number of likely N-dealkylation sites (N-methyl/N-ethyl adjacent to an activating group) is 2. The van der Waals surface area contributed by atoms with Gasteiger partial charge in [-0.1, -0.05) is 0 Å². The highest BCUT2D eigenvalue weighted by Gasteiger charge is 2.40. The van der Waals surface area contributed by atoms with Crippen LogP contribution >= 0.6 is 0 Å². The molecule has 1 saturated carbocycles. The van der Waals surface area contributed by atoms with Crippen molar-refractivity contribution in [1.29, 1.82) is 0 Å². The van der Waals surface area contributed by atoms with Crippen LogP contribution in [0.1, 0.15) is 24.8 Å². The second-order valence-electron chi connectivity index (χ2n) is 5.59. The van der Waals surface area contributed by atoms with Gasteiger partial charge in [-0.25, -0.2) is 9.37 Å². The van der Waals surface area contributed by atoms with Crippen LogP contribution in [0.3, 0.4) is 0 Å². The monoisotopic (exact) mass is 267 g/mol. The fraction of sp³-hybridized carbons (Fsp3) is 0.643. The molecule has 19 heavy (non-hydrogen) atoms. The van der Waals surface area contributed by atoms with Gasteiger partial charge in [-0.05, 0) is 39.4 Å². The Morgan fingerprint density at radius 3 is 2.53 bits per heavy atom. The minimum Gasteiger partial charge on any atom is -0.392 e. The van der Waals surface area contributed by atoms with Gasteiger partial charge in [-0.15, -0.1) is 0 Å². The van der Waals surface area contributed by atoms with Crippen molar-refractivity contribution in [2.45, 2.75) is 31.4 Å². The van der Waals surface area contributed by atoms with Crippen molar-refractivity contribution in [2.24, 2.45) is 0 Å². The summed E-state index contributed by atoms with van der Waals surface area (Å²) in [6, 6.07) is 1.51. The van der Waals surface area contributed by atoms with E-state index < -0.39 is 5.82 Å². The lowest BCUT2D eigenvalue weighted by Crippen LogP contribution is -2.57. The van der Waals surface area contributed by atoms with Crippen LogP contribution in [0, 0.1) is 5.82 Å². The number of pyridine rings is 1. The van der Waals surface area contributed by atoms with Gasteiger partial charge in [0.25, 0.3) is 0 Å². The zero-order valence-electron chi connectivity index (χ0n) is 11.9. The molecule has 2 rings (SSSR count). The predicted molar refractivity (Wildman–Crippen MR) is 73.7 cm³/mol. The summed E-state index contributed by atoms with van der Waals surface area (Å²) in [6.45, 7) is 0.451. The summed E-state index contributed by atoms with van der Waals surface area (Å²) < 4.78 is 14.1. The van der Waals surface area contributed by atoms with Gasteiger partial charge in [-0.3, -0.25) is 0 Å². The van der Waals surface area contributed by atoms with Crippen LogP contribution in [0.15, 0.2) is 12.3 Å². The molecule has 0 aromatic carbocycles. The molecule has 0 atom stereocenters. The van der Waals surface area contributed by atoms with E-state index in [9.17, 15) is 4.39 Å². The Bertz CT molecular complexity index is 446. The van der Waals surface area contributed by atoms with Gasteiger partial charge in [-0.2, -0.15) is 0 Å². The summed E-state index contributed by atoms with van der Waals surface area (Å²) in [5, 5.41) is 9.11. The molecular weight excluding hydrogens is 245 g/mol. The summed E-state index contributed by atoms with van der Waals surface area (Å²) >= 11 is 0. The first kappa shape index (κ1) is 14.2. The quantitative estimate of drug-likeness (QED) is 0.880. The normalized spacial score (nSPS) is 17.4. The van der Waals surface area contributed by atoms with Gasteiger partial charge >= 0.3 is 0 Å². The van der Waals surface area contributed by atoms with Crippen molar-refractivity contribution in [3.05, 3.63) is 23.6 Å². The van der Waals surface area contributed by atoms with Gasteiger partial charge in [0, 0.05) is 30.9 Å². The third-order valence-electron chi connectivity index (χ3n) is 4.25. The molecule has 1 fully saturated rings. The number of nitrogens with zero attached hydrogens (tertiary/aromatic N) is 3. The first-order valence-electron chi connectivity index (χ1n) is 6.63. The molecule has 1 aromatic heterocycles. The second kappa shape index (κ2) is 5.43. The highest BCUT2D eigenvalue weighted by Crippen LogP contribution is 2.37. The molecule has 1 aliphatic carbocycles. The largest absolute Gasteiger partial charge is 0.392 e. The van der Waals surface area contributed by atoms with Gasteiger partial charge in [0.2, 0.25) is 0 Å². The molecule has 0 unspecified atom stereocenters. The maximum atomic E-state index is 14.1. The third kappa shape index (κ3) is 2.58. The summed E-state index contributed by atoms with van der Waals surface area (Å²) in [7, 11) is 6.00. The maximum absolute atomic E-state index is 14.1. The Labute approximate surface area is 113 Å². The molecule has 1 N–H and O–H groups in total. The van der Waals surface area contributed by atoms with Crippen molar-refractivity contribution >= 4 is 5.82 Å². The lowest BCUT2D eigenvalue weighted by atomic mass is 9.75. The van der Waals surface area contributed by atoms with Gasteiger partial charge in [0.1, 0.15) is 0 Å². The Kier molecular flexibility index (Phi) is 4.06. The zero-order valence-corrected chi connectivity index (χ0v) is 11.9. The highest BCUT2D eigenvalue weighted by atomic mass is 19.1. The number of anilines is 1. The number of aliphatic hydroxyl groups excluding tert-OH is 1. The molecule has 0 spiro atoms. The van der Waals surface area contributed by atoms with E-state index in [1.165, 1.54) is 12.5 Å². The molecule has 5 heteroatoms. The standard InChI is InChI=1S/C14H22FN3O/c1-17(2)14(6-4-7-14)10-18(3)13-12(15)11(9-19)5-8-16-13/h5,8,19H,4,6-7,9-10H2,1-3H3. The lowest BCUT2D eigenvalue weighted by molar-refractivity contribution is 0.0680. The van der Waals surface area contributed by atoms with Crippen molar-refractivity contribution in [3.8, 4) is 0 Å². The summed E-state index contributed by atoms with van der Waals surface area (Å²) in [4.78, 5) is 8.19. The Morgan fingerprint density at radius 1 is 1.37 bits per heavy atom. The molecule has 0 aliphatic heterocycles. The van der Waals surface area contributed by atoms with E-state index in [1.807, 2.05) is 11.9 Å². The number of aliphatic hydroxyl groups is 1. The van der Waals surface area contributed by atoms with Crippen LogP contribution in [-0.4, -0.2) is 48.2 Å². The van der Waals surface area contributed by atoms with E-state index in [0.29, 0.717) is 11.4 Å². The fourth-order valence-corrected chi connectivity index (χ4v) is 2.71. The first-order chi connectivity index (χ1) is 9.00. The van der Waals surface area contributed by atoms with E-state index in [4.69, 9.17) is 5.11 Å². The van der Waals surface area contributed by atoms with E-state index in [-0.39, 0.29) is 12.1 Å². The lowest BCUT2D eigenvalue weighted by Gasteiger charge is -2.49. The molecule has 0 amide bonds. The minimum absolute atomic E-state index is 0.123. The van der Waals surface area contributed by atoms with E-state index >= 15 is 0 Å². The number of hydrogen-bond acceptors (Lipinski definition) is 4. The Hall–Kier alpha value is -1.20. The average molecular weight is 267 g/mol. The molecule has 106 valence electrons. The maximum Gasteiger partial charge on any atom is 0.171 e. The number of rotatable bonds is 5. The van der Waals surface area contributed by atoms with Crippen LogP contribution in [0.4, 0.5) is 10.2 Å². The van der Waals surface area contributed by atoms with Crippen molar-refractivity contribution in [3.63, 3.8) is 0 Å². The molecule has 0 radical (unpaired) electrons. The Balaban J connectivity index is 2.18. The average Bonchev–Trinajstić information content (AvgIpc) is 2.33. The van der Waals surface area contributed by atoms with Crippen molar-refractivity contribution in [2.75, 3.05) is 32.6 Å². The molecular formula is C14H22FN3O. The molecule has 1 heterocycles. The molecule has 0 bridgehead atoms.